The molecule has 2 N–H and O–H groups in total. The molecule has 0 radical (unpaired) electrons. The minimum atomic E-state index is -0.464. The molecule has 0 aliphatic heterocycles. The van der Waals surface area contributed by atoms with Crippen molar-refractivity contribution in [2.24, 2.45) is 0 Å². The number of anilines is 2. The number of nitrogens with one attached hydrogen (secondary N) is 2. The fourth-order valence-corrected chi connectivity index (χ4v) is 3.54. The van der Waals surface area contributed by atoms with Crippen LogP contribution in [0.4, 0.5) is 20.6 Å². The fourth-order valence-electron chi connectivity index (χ4n) is 3.24. The smallest absolute Gasteiger partial charge is 0.326 e. The van der Waals surface area contributed by atoms with Crippen LogP contribution in [0.5, 0.6) is 0 Å². The highest BCUT2D eigenvalue weighted by atomic mass is 35.5. The van der Waals surface area contributed by atoms with Gasteiger partial charge in [0.25, 0.3) is 5.91 Å². The third-order valence-corrected chi connectivity index (χ3v) is 5.93. The molecule has 0 bridgehead atoms. The van der Waals surface area contributed by atoms with E-state index in [0.717, 1.165) is 5.56 Å². The molecular formula is C26H26Cl2FN3O2. The molecule has 0 saturated carbocycles. The number of carbonyl (C=O) groups excluding carboxylic acids is 2. The average molecular weight is 502 g/mol. The zero-order chi connectivity index (χ0) is 24.9. The summed E-state index contributed by atoms with van der Waals surface area (Å²) in [5, 5.41) is 6.25. The second-order valence-electron chi connectivity index (χ2n) is 8.77. The number of urea groups is 1. The van der Waals surface area contributed by atoms with Crippen LogP contribution in [0, 0.1) is 5.82 Å². The van der Waals surface area contributed by atoms with E-state index in [-0.39, 0.29) is 24.4 Å². The molecule has 0 saturated heterocycles. The largest absolute Gasteiger partial charge is 0.350 e. The molecule has 8 heteroatoms. The van der Waals surface area contributed by atoms with Crippen molar-refractivity contribution in [3.8, 4) is 0 Å². The van der Waals surface area contributed by atoms with E-state index < -0.39 is 11.8 Å². The van der Waals surface area contributed by atoms with Gasteiger partial charge in [-0.05, 0) is 65.6 Å². The molecule has 0 aliphatic carbocycles. The molecular weight excluding hydrogens is 476 g/mol. The Balaban J connectivity index is 1.69. The van der Waals surface area contributed by atoms with E-state index in [2.05, 4.69) is 31.4 Å². The maximum absolute atomic E-state index is 13.4. The third-order valence-electron chi connectivity index (χ3n) is 5.19. The zero-order valence-electron chi connectivity index (χ0n) is 19.2. The molecule has 3 rings (SSSR count). The Bertz CT molecular complexity index is 1160. The zero-order valence-corrected chi connectivity index (χ0v) is 20.7. The Hall–Kier alpha value is -3.09. The van der Waals surface area contributed by atoms with Gasteiger partial charge in [-0.1, -0.05) is 56.1 Å². The minimum Gasteiger partial charge on any atom is -0.350 e. The second kappa shape index (κ2) is 10.9. The molecule has 0 fully saturated rings. The van der Waals surface area contributed by atoms with Crippen molar-refractivity contribution in [2.45, 2.75) is 26.2 Å². The van der Waals surface area contributed by atoms with Crippen molar-refractivity contribution < 1.29 is 14.0 Å². The first-order chi connectivity index (χ1) is 16.0. The number of carbonyl (C=O) groups is 2. The van der Waals surface area contributed by atoms with E-state index >= 15 is 0 Å². The molecule has 0 aliphatic rings. The van der Waals surface area contributed by atoms with Crippen LogP contribution in [0.25, 0.3) is 0 Å². The Labute approximate surface area is 208 Å². The molecule has 5 nitrogen and oxygen atoms in total. The standard InChI is InChI=1S/C26H26Cl2FN3O2/c1-26(2,3)18-6-4-17(5-7-18)24(33)30-14-15-32(21-11-8-19(29)9-12-21)25(34)31-20-10-13-22(27)23(28)16-20/h4-13,16H,14-15H2,1-3H3,(H,30,33)(H,31,34). The van der Waals surface area contributed by atoms with Crippen LogP contribution < -0.4 is 15.5 Å². The average Bonchev–Trinajstić information content (AvgIpc) is 2.79. The van der Waals surface area contributed by atoms with E-state index in [9.17, 15) is 14.0 Å². The Morgan fingerprint density at radius 3 is 2.15 bits per heavy atom. The van der Waals surface area contributed by atoms with E-state index in [1.807, 2.05) is 12.1 Å². The van der Waals surface area contributed by atoms with Gasteiger partial charge in [0.1, 0.15) is 5.82 Å². The van der Waals surface area contributed by atoms with Crippen LogP contribution in [-0.2, 0) is 5.41 Å². The van der Waals surface area contributed by atoms with Gasteiger partial charge in [-0.25, -0.2) is 9.18 Å². The van der Waals surface area contributed by atoms with Gasteiger partial charge in [0, 0.05) is 30.0 Å². The molecule has 0 atom stereocenters. The predicted octanol–water partition coefficient (Wildman–Crippen LogP) is 6.90. The van der Waals surface area contributed by atoms with Gasteiger partial charge in [0.15, 0.2) is 0 Å². The number of amides is 3. The van der Waals surface area contributed by atoms with E-state index in [1.165, 1.54) is 35.2 Å². The second-order valence-corrected chi connectivity index (χ2v) is 9.58. The fraction of sp³-hybridized carbons (Fsp3) is 0.231. The normalized spacial score (nSPS) is 11.1. The molecule has 3 aromatic carbocycles. The number of hydrogen-bond acceptors (Lipinski definition) is 2. The quantitative estimate of drug-likeness (QED) is 0.385. The first-order valence-electron chi connectivity index (χ1n) is 10.7. The van der Waals surface area contributed by atoms with Crippen molar-refractivity contribution in [1.29, 1.82) is 0 Å². The lowest BCUT2D eigenvalue weighted by molar-refractivity contribution is 0.0954. The maximum Gasteiger partial charge on any atom is 0.326 e. The monoisotopic (exact) mass is 501 g/mol. The number of benzene rings is 3. The Kier molecular flexibility index (Phi) is 8.18. The molecule has 0 heterocycles. The van der Waals surface area contributed by atoms with Crippen LogP contribution in [0.2, 0.25) is 10.0 Å². The number of nitrogens with zero attached hydrogens (tertiary/aromatic N) is 1. The van der Waals surface area contributed by atoms with E-state index in [4.69, 9.17) is 23.2 Å². The highest BCUT2D eigenvalue weighted by molar-refractivity contribution is 6.42. The van der Waals surface area contributed by atoms with Crippen LogP contribution in [-0.4, -0.2) is 25.0 Å². The molecule has 34 heavy (non-hydrogen) atoms. The van der Waals surface area contributed by atoms with Crippen LogP contribution in [0.1, 0.15) is 36.7 Å². The number of halogens is 3. The van der Waals surface area contributed by atoms with E-state index in [1.54, 1.807) is 24.3 Å². The Morgan fingerprint density at radius 1 is 0.912 bits per heavy atom. The molecule has 0 unspecified atom stereocenters. The summed E-state index contributed by atoms with van der Waals surface area (Å²) in [6.45, 7) is 6.66. The minimum absolute atomic E-state index is 0.00760. The first kappa shape index (κ1) is 25.5. The highest BCUT2D eigenvalue weighted by Gasteiger charge is 2.18. The Morgan fingerprint density at radius 2 is 1.56 bits per heavy atom. The van der Waals surface area contributed by atoms with Gasteiger partial charge in [0.05, 0.1) is 10.0 Å². The summed E-state index contributed by atoms with van der Waals surface area (Å²) in [5.41, 5.74) is 2.58. The van der Waals surface area contributed by atoms with Crippen LogP contribution in [0.15, 0.2) is 66.7 Å². The molecule has 3 amide bonds. The summed E-state index contributed by atoms with van der Waals surface area (Å²) in [7, 11) is 0. The van der Waals surface area contributed by atoms with Crippen molar-refractivity contribution in [3.63, 3.8) is 0 Å². The summed E-state index contributed by atoms with van der Waals surface area (Å²) in [6, 6.07) is 17.2. The summed E-state index contributed by atoms with van der Waals surface area (Å²) in [5.74, 6) is -0.662. The molecule has 178 valence electrons. The van der Waals surface area contributed by atoms with Gasteiger partial charge in [0.2, 0.25) is 0 Å². The van der Waals surface area contributed by atoms with Crippen molar-refractivity contribution in [2.75, 3.05) is 23.3 Å². The van der Waals surface area contributed by atoms with Gasteiger partial charge >= 0.3 is 6.03 Å². The number of hydrogen-bond donors (Lipinski definition) is 2. The topological polar surface area (TPSA) is 61.4 Å². The summed E-state index contributed by atoms with van der Waals surface area (Å²) >= 11 is 12.0. The van der Waals surface area contributed by atoms with Crippen molar-refractivity contribution in [3.05, 3.63) is 93.7 Å². The predicted molar refractivity (Wildman–Crippen MR) is 137 cm³/mol. The highest BCUT2D eigenvalue weighted by Crippen LogP contribution is 2.26. The summed E-state index contributed by atoms with van der Waals surface area (Å²) in [6.07, 6.45) is 0. The van der Waals surface area contributed by atoms with Crippen molar-refractivity contribution in [1.82, 2.24) is 5.32 Å². The molecule has 3 aromatic rings. The maximum atomic E-state index is 13.4. The summed E-state index contributed by atoms with van der Waals surface area (Å²) < 4.78 is 13.4. The van der Waals surface area contributed by atoms with Gasteiger partial charge in [-0.2, -0.15) is 0 Å². The summed E-state index contributed by atoms with van der Waals surface area (Å²) in [4.78, 5) is 27.0. The number of rotatable bonds is 6. The third kappa shape index (κ3) is 6.72. The van der Waals surface area contributed by atoms with Gasteiger partial charge in [-0.15, -0.1) is 0 Å². The lowest BCUT2D eigenvalue weighted by Crippen LogP contribution is -2.41. The molecule has 0 spiro atoms. The lowest BCUT2D eigenvalue weighted by atomic mass is 9.87. The van der Waals surface area contributed by atoms with Crippen LogP contribution in [0.3, 0.4) is 0 Å². The SMILES string of the molecule is CC(C)(C)c1ccc(C(=O)NCCN(C(=O)Nc2ccc(Cl)c(Cl)c2)c2ccc(F)cc2)cc1. The van der Waals surface area contributed by atoms with Crippen molar-refractivity contribution >= 4 is 46.5 Å². The lowest BCUT2D eigenvalue weighted by Gasteiger charge is -2.24. The van der Waals surface area contributed by atoms with Crippen LogP contribution >= 0.6 is 23.2 Å². The van der Waals surface area contributed by atoms with Gasteiger partial charge < -0.3 is 10.6 Å². The molecule has 0 aromatic heterocycles. The van der Waals surface area contributed by atoms with E-state index in [0.29, 0.717) is 27.0 Å². The first-order valence-corrected chi connectivity index (χ1v) is 11.5. The van der Waals surface area contributed by atoms with Gasteiger partial charge in [-0.3, -0.25) is 9.69 Å².